The van der Waals surface area contributed by atoms with Crippen LogP contribution < -0.4 is 16.4 Å². The first-order valence-electron chi connectivity index (χ1n) is 6.61. The number of hydrogen-bond donors (Lipinski definition) is 3. The second kappa shape index (κ2) is 5.45. The van der Waals surface area contributed by atoms with Crippen molar-refractivity contribution in [3.63, 3.8) is 0 Å². The number of amides is 1. The van der Waals surface area contributed by atoms with Crippen LogP contribution in [0.5, 0.6) is 0 Å². The van der Waals surface area contributed by atoms with Crippen LogP contribution in [0, 0.1) is 0 Å². The van der Waals surface area contributed by atoms with E-state index in [0.29, 0.717) is 16.1 Å². The van der Waals surface area contributed by atoms with E-state index in [1.807, 2.05) is 0 Å². The molecule has 1 amide bonds. The van der Waals surface area contributed by atoms with E-state index in [1.165, 1.54) is 11.3 Å². The number of carbonyl (C=O) groups excluding carboxylic acids is 1. The SMILES string of the molecule is CC(C)(CNC(=O)c1sc(NC2CC2)nc1N)S(C)(=O)=O. The first-order valence-corrected chi connectivity index (χ1v) is 9.31. The van der Waals surface area contributed by atoms with Crippen LogP contribution in [0.15, 0.2) is 0 Å². The Hall–Kier alpha value is -1.35. The van der Waals surface area contributed by atoms with Crippen molar-refractivity contribution >= 4 is 38.0 Å². The number of nitrogens with one attached hydrogen (secondary N) is 2. The minimum atomic E-state index is -3.26. The van der Waals surface area contributed by atoms with Gasteiger partial charge >= 0.3 is 0 Å². The maximum absolute atomic E-state index is 12.1. The van der Waals surface area contributed by atoms with Crippen LogP contribution in [0.1, 0.15) is 36.4 Å². The molecule has 21 heavy (non-hydrogen) atoms. The van der Waals surface area contributed by atoms with Crippen molar-refractivity contribution in [2.75, 3.05) is 23.9 Å². The molecule has 0 aliphatic heterocycles. The molecule has 0 bridgehead atoms. The van der Waals surface area contributed by atoms with Crippen LogP contribution in [-0.2, 0) is 9.84 Å². The molecule has 1 aliphatic rings. The lowest BCUT2D eigenvalue weighted by Crippen LogP contribution is -2.43. The molecule has 0 radical (unpaired) electrons. The Bertz CT molecular complexity index is 647. The molecule has 7 nitrogen and oxygen atoms in total. The number of thiazole rings is 1. The molecule has 0 atom stereocenters. The molecule has 0 spiro atoms. The number of sulfone groups is 1. The third-order valence-corrected chi connectivity index (χ3v) is 6.60. The zero-order chi connectivity index (χ0) is 15.8. The van der Waals surface area contributed by atoms with Gasteiger partial charge in [-0.2, -0.15) is 0 Å². The van der Waals surface area contributed by atoms with E-state index in [0.717, 1.165) is 19.1 Å². The number of rotatable bonds is 6. The van der Waals surface area contributed by atoms with E-state index in [1.54, 1.807) is 13.8 Å². The second-order valence-electron chi connectivity index (χ2n) is 5.87. The van der Waals surface area contributed by atoms with Gasteiger partial charge in [-0.3, -0.25) is 4.79 Å². The van der Waals surface area contributed by atoms with E-state index in [2.05, 4.69) is 15.6 Å². The second-order valence-corrected chi connectivity index (χ2v) is 9.52. The Morgan fingerprint density at radius 2 is 2.10 bits per heavy atom. The maximum Gasteiger partial charge on any atom is 0.265 e. The lowest BCUT2D eigenvalue weighted by atomic mass is 10.2. The highest BCUT2D eigenvalue weighted by Gasteiger charge is 2.31. The van der Waals surface area contributed by atoms with E-state index in [-0.39, 0.29) is 12.4 Å². The Balaban J connectivity index is 2.01. The molecule has 9 heteroatoms. The molecule has 1 fully saturated rings. The lowest BCUT2D eigenvalue weighted by molar-refractivity contribution is 0.0955. The normalized spacial score (nSPS) is 15.8. The van der Waals surface area contributed by atoms with Crippen molar-refractivity contribution in [2.45, 2.75) is 37.5 Å². The molecule has 0 saturated heterocycles. The van der Waals surface area contributed by atoms with Crippen LogP contribution in [0.25, 0.3) is 0 Å². The molecule has 1 saturated carbocycles. The van der Waals surface area contributed by atoms with Crippen molar-refractivity contribution in [3.05, 3.63) is 4.88 Å². The Kier molecular flexibility index (Phi) is 4.16. The zero-order valence-corrected chi connectivity index (χ0v) is 13.9. The van der Waals surface area contributed by atoms with Crippen LogP contribution in [0.4, 0.5) is 10.9 Å². The summed E-state index contributed by atoms with van der Waals surface area (Å²) in [4.78, 5) is 16.5. The number of nitrogen functional groups attached to an aromatic ring is 1. The molecular weight excluding hydrogens is 312 g/mol. The first-order chi connectivity index (χ1) is 9.60. The van der Waals surface area contributed by atoms with Gasteiger partial charge < -0.3 is 16.4 Å². The molecule has 1 aromatic heterocycles. The molecule has 1 aliphatic carbocycles. The Labute approximate surface area is 128 Å². The fraction of sp³-hybridized carbons (Fsp3) is 0.667. The highest BCUT2D eigenvalue weighted by Crippen LogP contribution is 2.30. The van der Waals surface area contributed by atoms with Gasteiger partial charge in [-0.1, -0.05) is 11.3 Å². The number of anilines is 2. The quantitative estimate of drug-likeness (QED) is 0.711. The topological polar surface area (TPSA) is 114 Å². The molecule has 0 unspecified atom stereocenters. The average molecular weight is 332 g/mol. The van der Waals surface area contributed by atoms with Gasteiger partial charge in [-0.05, 0) is 26.7 Å². The third-order valence-electron chi connectivity index (χ3n) is 3.44. The predicted molar refractivity (Wildman–Crippen MR) is 84.4 cm³/mol. The van der Waals surface area contributed by atoms with Gasteiger partial charge in [-0.25, -0.2) is 13.4 Å². The van der Waals surface area contributed by atoms with Gasteiger partial charge in [0.2, 0.25) is 0 Å². The summed E-state index contributed by atoms with van der Waals surface area (Å²) in [6.07, 6.45) is 3.35. The van der Waals surface area contributed by atoms with Gasteiger partial charge in [0.05, 0.1) is 4.75 Å². The summed E-state index contributed by atoms with van der Waals surface area (Å²) in [6, 6.07) is 0.427. The van der Waals surface area contributed by atoms with Gasteiger partial charge in [0, 0.05) is 18.8 Å². The van der Waals surface area contributed by atoms with Crippen molar-refractivity contribution in [1.29, 1.82) is 0 Å². The summed E-state index contributed by atoms with van der Waals surface area (Å²) in [6.45, 7) is 3.16. The fourth-order valence-corrected chi connectivity index (χ4v) is 2.68. The van der Waals surface area contributed by atoms with Gasteiger partial charge in [0.25, 0.3) is 5.91 Å². The number of aromatic nitrogens is 1. The smallest absolute Gasteiger partial charge is 0.265 e. The summed E-state index contributed by atoms with van der Waals surface area (Å²) in [5.41, 5.74) is 5.74. The number of nitrogens with zero attached hydrogens (tertiary/aromatic N) is 1. The minimum absolute atomic E-state index is 0.0212. The molecule has 2 rings (SSSR count). The van der Waals surface area contributed by atoms with Crippen LogP contribution in [0.3, 0.4) is 0 Å². The van der Waals surface area contributed by atoms with E-state index < -0.39 is 20.5 Å². The first kappa shape index (κ1) is 16.0. The van der Waals surface area contributed by atoms with Crippen LogP contribution in [0.2, 0.25) is 0 Å². The summed E-state index contributed by atoms with van der Waals surface area (Å²) < 4.78 is 22.2. The Morgan fingerprint density at radius 1 is 1.48 bits per heavy atom. The Morgan fingerprint density at radius 3 is 2.62 bits per heavy atom. The number of hydrogen-bond acceptors (Lipinski definition) is 7. The number of nitrogens with two attached hydrogens (primary N) is 1. The number of carbonyl (C=O) groups is 1. The van der Waals surface area contributed by atoms with E-state index >= 15 is 0 Å². The lowest BCUT2D eigenvalue weighted by Gasteiger charge is -2.22. The van der Waals surface area contributed by atoms with Crippen LogP contribution in [-0.4, -0.2) is 42.9 Å². The van der Waals surface area contributed by atoms with Gasteiger partial charge in [0.1, 0.15) is 10.7 Å². The van der Waals surface area contributed by atoms with Gasteiger partial charge in [0.15, 0.2) is 15.0 Å². The maximum atomic E-state index is 12.1. The minimum Gasteiger partial charge on any atom is -0.382 e. The zero-order valence-electron chi connectivity index (χ0n) is 12.3. The molecular formula is C12H20N4O3S2. The van der Waals surface area contributed by atoms with Crippen LogP contribution >= 0.6 is 11.3 Å². The molecule has 1 heterocycles. The fourth-order valence-electron chi connectivity index (χ4n) is 1.46. The van der Waals surface area contributed by atoms with Crippen molar-refractivity contribution in [2.24, 2.45) is 0 Å². The van der Waals surface area contributed by atoms with Crippen molar-refractivity contribution in [3.8, 4) is 0 Å². The highest BCUT2D eigenvalue weighted by molar-refractivity contribution is 7.92. The standard InChI is InChI=1S/C12H20N4O3S2/c1-12(2,21(3,18)19)6-14-10(17)8-9(13)16-11(20-8)15-7-4-5-7/h7H,4-6,13H2,1-3H3,(H,14,17)(H,15,16). The van der Waals surface area contributed by atoms with E-state index in [4.69, 9.17) is 5.73 Å². The third kappa shape index (κ3) is 3.85. The average Bonchev–Trinajstić information content (AvgIpc) is 3.07. The summed E-state index contributed by atoms with van der Waals surface area (Å²) >= 11 is 1.19. The monoisotopic (exact) mass is 332 g/mol. The summed E-state index contributed by atoms with van der Waals surface area (Å²) in [7, 11) is -3.26. The summed E-state index contributed by atoms with van der Waals surface area (Å²) in [5.74, 6) is -0.233. The molecule has 1 aromatic rings. The van der Waals surface area contributed by atoms with E-state index in [9.17, 15) is 13.2 Å². The van der Waals surface area contributed by atoms with Crippen molar-refractivity contribution < 1.29 is 13.2 Å². The molecule has 4 N–H and O–H groups in total. The van der Waals surface area contributed by atoms with Gasteiger partial charge in [-0.15, -0.1) is 0 Å². The predicted octanol–water partition coefficient (Wildman–Crippen LogP) is 0.853. The molecule has 0 aromatic carbocycles. The summed E-state index contributed by atoms with van der Waals surface area (Å²) in [5, 5.41) is 6.42. The molecule has 118 valence electrons. The highest BCUT2D eigenvalue weighted by atomic mass is 32.2. The largest absolute Gasteiger partial charge is 0.382 e. The van der Waals surface area contributed by atoms with Crippen molar-refractivity contribution in [1.82, 2.24) is 10.3 Å².